The van der Waals surface area contributed by atoms with Crippen LogP contribution >= 0.6 is 22.7 Å². The van der Waals surface area contributed by atoms with E-state index in [9.17, 15) is 0 Å². The predicted molar refractivity (Wildman–Crippen MR) is 76.5 cm³/mol. The molecule has 0 saturated heterocycles. The number of anilines is 1. The van der Waals surface area contributed by atoms with Crippen molar-refractivity contribution < 1.29 is 0 Å². The largest absolute Gasteiger partial charge is 0.360 e. The van der Waals surface area contributed by atoms with Gasteiger partial charge in [-0.2, -0.15) is 0 Å². The molecule has 1 aliphatic rings. The van der Waals surface area contributed by atoms with Crippen molar-refractivity contribution in [3.8, 4) is 9.88 Å². The molecule has 0 spiro atoms. The first-order valence-corrected chi connectivity index (χ1v) is 8.02. The number of nitrogens with zero attached hydrogens (tertiary/aromatic N) is 3. The zero-order chi connectivity index (χ0) is 12.5. The summed E-state index contributed by atoms with van der Waals surface area (Å²) in [5, 5.41) is 14.8. The molecule has 1 saturated carbocycles. The van der Waals surface area contributed by atoms with Gasteiger partial charge in [-0.3, -0.25) is 0 Å². The van der Waals surface area contributed by atoms with E-state index in [1.165, 1.54) is 28.4 Å². The second-order valence-electron chi connectivity index (χ2n) is 4.39. The maximum atomic E-state index is 4.76. The molecule has 0 aliphatic heterocycles. The molecule has 0 atom stereocenters. The van der Waals surface area contributed by atoms with Gasteiger partial charge < -0.3 is 5.32 Å². The number of aryl methyl sites for hydroxylation is 1. The average molecular weight is 280 g/mol. The Bertz CT molecular complexity index is 542. The second kappa shape index (κ2) is 4.93. The van der Waals surface area contributed by atoms with Crippen LogP contribution in [0.2, 0.25) is 0 Å². The molecule has 1 N–H and O–H groups in total. The fourth-order valence-corrected chi connectivity index (χ4v) is 3.83. The van der Waals surface area contributed by atoms with Crippen molar-refractivity contribution in [2.24, 2.45) is 0 Å². The highest BCUT2D eigenvalue weighted by Gasteiger charge is 2.31. The molecule has 96 valence electrons. The van der Waals surface area contributed by atoms with Gasteiger partial charge in [0.25, 0.3) is 0 Å². The van der Waals surface area contributed by atoms with Crippen molar-refractivity contribution in [1.82, 2.24) is 15.2 Å². The van der Waals surface area contributed by atoms with Gasteiger partial charge in [-0.05, 0) is 26.2 Å². The van der Waals surface area contributed by atoms with E-state index < -0.39 is 0 Å². The molecule has 0 unspecified atom stereocenters. The minimum atomic E-state index is 0.669. The molecule has 4 nitrogen and oxygen atoms in total. The second-order valence-corrected chi connectivity index (χ2v) is 6.45. The molecule has 6 heteroatoms. The molecule has 1 aliphatic carbocycles. The third kappa shape index (κ3) is 2.27. The molecule has 0 radical (unpaired) electrons. The Morgan fingerprint density at radius 3 is 2.72 bits per heavy atom. The van der Waals surface area contributed by atoms with Crippen LogP contribution in [0.4, 0.5) is 5.13 Å². The van der Waals surface area contributed by atoms with Crippen molar-refractivity contribution in [1.29, 1.82) is 0 Å². The van der Waals surface area contributed by atoms with Crippen LogP contribution in [0.15, 0.2) is 0 Å². The highest BCUT2D eigenvalue weighted by molar-refractivity contribution is 7.23. The van der Waals surface area contributed by atoms with Crippen LogP contribution in [0.1, 0.15) is 43.3 Å². The molecule has 2 heterocycles. The lowest BCUT2D eigenvalue weighted by atomic mass is 10.2. The minimum absolute atomic E-state index is 0.669. The fraction of sp³-hybridized carbons (Fsp3) is 0.583. The van der Waals surface area contributed by atoms with Crippen LogP contribution in [0.25, 0.3) is 9.88 Å². The third-order valence-corrected chi connectivity index (χ3v) is 5.16. The lowest BCUT2D eigenvalue weighted by molar-refractivity contribution is 0.992. The van der Waals surface area contributed by atoms with Gasteiger partial charge in [-0.15, -0.1) is 21.5 Å². The van der Waals surface area contributed by atoms with E-state index in [4.69, 9.17) is 4.98 Å². The van der Waals surface area contributed by atoms with E-state index in [-0.39, 0.29) is 0 Å². The monoisotopic (exact) mass is 280 g/mol. The topological polar surface area (TPSA) is 50.7 Å². The molecule has 2 aromatic rings. The molecular weight excluding hydrogens is 264 g/mol. The minimum Gasteiger partial charge on any atom is -0.360 e. The van der Waals surface area contributed by atoms with Crippen molar-refractivity contribution in [3.05, 3.63) is 10.7 Å². The van der Waals surface area contributed by atoms with Crippen LogP contribution < -0.4 is 5.32 Å². The number of nitrogens with one attached hydrogen (secondary N) is 1. The first-order chi connectivity index (χ1) is 8.81. The van der Waals surface area contributed by atoms with Gasteiger partial charge in [0.15, 0.2) is 5.01 Å². The Morgan fingerprint density at radius 2 is 2.06 bits per heavy atom. The number of hydrogen-bond donors (Lipinski definition) is 1. The Hall–Kier alpha value is -1.01. The standard InChI is InChI=1S/C12H16N4S2/c1-3-8-14-9(7-5-6-7)10(17-8)11-15-16-12(18-11)13-4-2/h7H,3-6H2,1-2H3,(H,13,16). The van der Waals surface area contributed by atoms with Gasteiger partial charge in [0, 0.05) is 12.5 Å². The zero-order valence-corrected chi connectivity index (χ0v) is 12.2. The number of aromatic nitrogens is 3. The predicted octanol–water partition coefficient (Wildman–Crippen LogP) is 3.53. The molecule has 2 aromatic heterocycles. The summed E-state index contributed by atoms with van der Waals surface area (Å²) in [6.45, 7) is 5.11. The average Bonchev–Trinajstić information content (AvgIpc) is 2.97. The van der Waals surface area contributed by atoms with E-state index in [2.05, 4.69) is 29.4 Å². The summed E-state index contributed by atoms with van der Waals surface area (Å²) >= 11 is 3.41. The summed E-state index contributed by atoms with van der Waals surface area (Å²) in [6.07, 6.45) is 3.56. The summed E-state index contributed by atoms with van der Waals surface area (Å²) in [5.41, 5.74) is 1.26. The Labute approximate surface area is 114 Å². The summed E-state index contributed by atoms with van der Waals surface area (Å²) in [4.78, 5) is 6.01. The van der Waals surface area contributed by atoms with Gasteiger partial charge >= 0.3 is 0 Å². The van der Waals surface area contributed by atoms with Gasteiger partial charge in [0.1, 0.15) is 0 Å². The fourth-order valence-electron chi connectivity index (χ4n) is 1.85. The van der Waals surface area contributed by atoms with E-state index in [1.54, 1.807) is 22.7 Å². The number of hydrogen-bond acceptors (Lipinski definition) is 6. The molecule has 0 bridgehead atoms. The lowest BCUT2D eigenvalue weighted by Gasteiger charge is -1.94. The van der Waals surface area contributed by atoms with Crippen LogP contribution in [-0.2, 0) is 6.42 Å². The summed E-state index contributed by atoms with van der Waals surface area (Å²) < 4.78 is 0. The molecule has 0 aromatic carbocycles. The first-order valence-electron chi connectivity index (χ1n) is 6.39. The summed E-state index contributed by atoms with van der Waals surface area (Å²) in [7, 11) is 0. The van der Waals surface area contributed by atoms with E-state index in [1.807, 2.05) is 0 Å². The quantitative estimate of drug-likeness (QED) is 0.910. The van der Waals surface area contributed by atoms with Crippen molar-refractivity contribution in [2.45, 2.75) is 39.0 Å². The highest BCUT2D eigenvalue weighted by Crippen LogP contribution is 2.46. The van der Waals surface area contributed by atoms with E-state index in [0.717, 1.165) is 23.1 Å². The van der Waals surface area contributed by atoms with Crippen molar-refractivity contribution >= 4 is 27.8 Å². The van der Waals surface area contributed by atoms with Crippen molar-refractivity contribution in [3.63, 3.8) is 0 Å². The van der Waals surface area contributed by atoms with Gasteiger partial charge in [-0.1, -0.05) is 18.3 Å². The maximum absolute atomic E-state index is 4.76. The summed E-state index contributed by atoms with van der Waals surface area (Å²) in [5.74, 6) is 0.669. The van der Waals surface area contributed by atoms with E-state index >= 15 is 0 Å². The molecule has 0 amide bonds. The van der Waals surface area contributed by atoms with Crippen LogP contribution in [0.3, 0.4) is 0 Å². The lowest BCUT2D eigenvalue weighted by Crippen LogP contribution is -1.94. The van der Waals surface area contributed by atoms with Crippen molar-refractivity contribution in [2.75, 3.05) is 11.9 Å². The third-order valence-electron chi connectivity index (χ3n) is 2.91. The Kier molecular flexibility index (Phi) is 3.30. The molecular formula is C12H16N4S2. The van der Waals surface area contributed by atoms with E-state index in [0.29, 0.717) is 5.92 Å². The normalized spacial score (nSPS) is 15.0. The van der Waals surface area contributed by atoms with Crippen LogP contribution in [0, 0.1) is 0 Å². The molecule has 1 fully saturated rings. The first kappa shape index (κ1) is 12.0. The Morgan fingerprint density at radius 1 is 1.22 bits per heavy atom. The maximum Gasteiger partial charge on any atom is 0.206 e. The number of rotatable bonds is 5. The van der Waals surface area contributed by atoms with Crippen LogP contribution in [0.5, 0.6) is 0 Å². The van der Waals surface area contributed by atoms with Gasteiger partial charge in [-0.25, -0.2) is 4.98 Å². The Balaban J connectivity index is 1.95. The van der Waals surface area contributed by atoms with Gasteiger partial charge in [0.05, 0.1) is 15.6 Å². The highest BCUT2D eigenvalue weighted by atomic mass is 32.1. The molecule has 3 rings (SSSR count). The summed E-state index contributed by atoms with van der Waals surface area (Å²) in [6, 6.07) is 0. The SMILES string of the molecule is CCNc1nnc(-c2sc(CC)nc2C2CC2)s1. The molecule has 18 heavy (non-hydrogen) atoms. The van der Waals surface area contributed by atoms with Crippen LogP contribution in [-0.4, -0.2) is 21.7 Å². The zero-order valence-electron chi connectivity index (χ0n) is 10.6. The smallest absolute Gasteiger partial charge is 0.206 e. The van der Waals surface area contributed by atoms with Gasteiger partial charge in [0.2, 0.25) is 5.13 Å². The number of thiazole rings is 1.